The van der Waals surface area contributed by atoms with Crippen molar-refractivity contribution in [3.8, 4) is 11.8 Å². The Labute approximate surface area is 119 Å². The van der Waals surface area contributed by atoms with Crippen LogP contribution in [0.4, 0.5) is 5.69 Å². The number of carboxylic acids is 1. The Morgan fingerprint density at radius 1 is 1.38 bits per heavy atom. The van der Waals surface area contributed by atoms with Crippen LogP contribution in [0, 0.1) is 11.3 Å². The second-order valence-corrected chi connectivity index (χ2v) is 3.86. The summed E-state index contributed by atoms with van der Waals surface area (Å²) in [6.45, 7) is -0.0685. The molecule has 0 unspecified atom stereocenters. The lowest BCUT2D eigenvalue weighted by Gasteiger charge is -2.05. The van der Waals surface area contributed by atoms with Gasteiger partial charge < -0.3 is 20.1 Å². The molecule has 21 heavy (non-hydrogen) atoms. The van der Waals surface area contributed by atoms with Crippen molar-refractivity contribution in [3.05, 3.63) is 42.0 Å². The van der Waals surface area contributed by atoms with Gasteiger partial charge in [0.15, 0.2) is 18.0 Å². The monoisotopic (exact) mass is 286 g/mol. The van der Waals surface area contributed by atoms with Crippen LogP contribution in [0.2, 0.25) is 0 Å². The third-order valence-electron chi connectivity index (χ3n) is 2.48. The first-order valence-electron chi connectivity index (χ1n) is 5.79. The first-order valence-corrected chi connectivity index (χ1v) is 5.79. The first-order chi connectivity index (χ1) is 10.1. The Bertz CT molecular complexity index is 700. The van der Waals surface area contributed by atoms with E-state index in [9.17, 15) is 9.59 Å². The molecular weight excluding hydrogens is 276 g/mol. The van der Waals surface area contributed by atoms with Gasteiger partial charge in [0.1, 0.15) is 11.8 Å². The van der Waals surface area contributed by atoms with Crippen molar-refractivity contribution in [1.82, 2.24) is 9.97 Å². The van der Waals surface area contributed by atoms with Gasteiger partial charge in [0.25, 0.3) is 5.91 Å². The second kappa shape index (κ2) is 6.21. The average Bonchev–Trinajstić information content (AvgIpc) is 2.96. The molecule has 0 aliphatic rings. The number of hydrogen-bond acceptors (Lipinski definition) is 5. The van der Waals surface area contributed by atoms with Gasteiger partial charge in [-0.25, -0.2) is 9.78 Å². The smallest absolute Gasteiger partial charge is 0.354 e. The fourth-order valence-electron chi connectivity index (χ4n) is 1.57. The Morgan fingerprint density at radius 3 is 2.71 bits per heavy atom. The molecule has 0 aliphatic carbocycles. The molecule has 0 saturated heterocycles. The van der Waals surface area contributed by atoms with Gasteiger partial charge in [-0.1, -0.05) is 0 Å². The van der Waals surface area contributed by atoms with Crippen LogP contribution in [0.3, 0.4) is 0 Å². The van der Waals surface area contributed by atoms with Crippen LogP contribution >= 0.6 is 0 Å². The lowest BCUT2D eigenvalue weighted by atomic mass is 10.2. The van der Waals surface area contributed by atoms with Crippen molar-refractivity contribution < 1.29 is 19.4 Å². The van der Waals surface area contributed by atoms with Gasteiger partial charge in [-0.05, 0) is 24.3 Å². The maximum atomic E-state index is 11.9. The van der Waals surface area contributed by atoms with Crippen LogP contribution in [0.1, 0.15) is 21.0 Å². The van der Waals surface area contributed by atoms with E-state index >= 15 is 0 Å². The largest absolute Gasteiger partial charge is 0.479 e. The number of carbonyl (C=O) groups excluding carboxylic acids is 1. The van der Waals surface area contributed by atoms with Crippen LogP contribution in [0.15, 0.2) is 30.6 Å². The van der Waals surface area contributed by atoms with Crippen molar-refractivity contribution in [2.24, 2.45) is 0 Å². The zero-order valence-electron chi connectivity index (χ0n) is 10.7. The standard InChI is InChI=1S/C13H10N4O4/c14-5-6-21-9-3-1-8(2-4-9)17-12(18)10-11(13(19)20)16-7-15-10/h1-4,7H,6H2,(H,15,16)(H,17,18)(H,19,20). The Morgan fingerprint density at radius 2 is 2.10 bits per heavy atom. The van der Waals surface area contributed by atoms with Crippen molar-refractivity contribution in [2.75, 3.05) is 11.9 Å². The summed E-state index contributed by atoms with van der Waals surface area (Å²) in [6, 6.07) is 8.13. The lowest BCUT2D eigenvalue weighted by Crippen LogP contribution is -2.16. The lowest BCUT2D eigenvalue weighted by molar-refractivity contribution is 0.0686. The van der Waals surface area contributed by atoms with Crippen LogP contribution in [-0.2, 0) is 0 Å². The van der Waals surface area contributed by atoms with Gasteiger partial charge in [-0.2, -0.15) is 5.26 Å². The Balaban J connectivity index is 2.07. The number of nitriles is 1. The van der Waals surface area contributed by atoms with Crippen molar-refractivity contribution in [2.45, 2.75) is 0 Å². The Hall–Kier alpha value is -3.34. The number of aromatic amines is 1. The summed E-state index contributed by atoms with van der Waals surface area (Å²) in [6.07, 6.45) is 1.14. The molecule has 2 aromatic rings. The number of nitrogens with one attached hydrogen (secondary N) is 2. The van der Waals surface area contributed by atoms with Crippen LogP contribution in [0.25, 0.3) is 0 Å². The number of carboxylic acid groups (broad SMARTS) is 1. The van der Waals surface area contributed by atoms with Crippen LogP contribution in [0.5, 0.6) is 5.75 Å². The highest BCUT2D eigenvalue weighted by Crippen LogP contribution is 2.16. The molecular formula is C13H10N4O4. The molecule has 0 aliphatic heterocycles. The fraction of sp³-hybridized carbons (Fsp3) is 0.0769. The summed E-state index contributed by atoms with van der Waals surface area (Å²) in [7, 11) is 0. The molecule has 8 heteroatoms. The molecule has 0 bridgehead atoms. The number of ether oxygens (including phenoxy) is 1. The molecule has 3 N–H and O–H groups in total. The maximum absolute atomic E-state index is 11.9. The van der Waals surface area contributed by atoms with Gasteiger partial charge in [0.2, 0.25) is 0 Å². The van der Waals surface area contributed by atoms with Gasteiger partial charge in [-0.15, -0.1) is 0 Å². The SMILES string of the molecule is N#CCOc1ccc(NC(=O)c2nc[nH]c2C(=O)O)cc1. The quantitative estimate of drug-likeness (QED) is 0.759. The molecule has 0 spiro atoms. The van der Waals surface area contributed by atoms with Crippen LogP contribution in [-0.4, -0.2) is 33.6 Å². The number of rotatable bonds is 5. The molecule has 0 atom stereocenters. The molecule has 1 aromatic heterocycles. The first kappa shape index (κ1) is 14.1. The summed E-state index contributed by atoms with van der Waals surface area (Å²) in [4.78, 5) is 28.9. The van der Waals surface area contributed by atoms with E-state index in [0.717, 1.165) is 6.33 Å². The number of amides is 1. The van der Waals surface area contributed by atoms with Gasteiger partial charge >= 0.3 is 5.97 Å². The summed E-state index contributed by atoms with van der Waals surface area (Å²) >= 11 is 0. The average molecular weight is 286 g/mol. The molecule has 2 rings (SSSR count). The van der Waals surface area contributed by atoms with Gasteiger partial charge in [0, 0.05) is 5.69 Å². The topological polar surface area (TPSA) is 128 Å². The molecule has 1 aromatic carbocycles. The summed E-state index contributed by atoms with van der Waals surface area (Å²) < 4.78 is 5.07. The van der Waals surface area contributed by atoms with Crippen molar-refractivity contribution in [1.29, 1.82) is 5.26 Å². The molecule has 0 radical (unpaired) electrons. The molecule has 106 valence electrons. The maximum Gasteiger partial charge on any atom is 0.354 e. The zero-order valence-corrected chi connectivity index (χ0v) is 10.7. The summed E-state index contributed by atoms with van der Waals surface area (Å²) in [5.41, 5.74) is -0.0302. The Kier molecular flexibility index (Phi) is 4.16. The minimum Gasteiger partial charge on any atom is -0.479 e. The number of aromatic nitrogens is 2. The van der Waals surface area contributed by atoms with E-state index in [2.05, 4.69) is 15.3 Å². The van der Waals surface area contributed by atoms with E-state index in [1.54, 1.807) is 24.3 Å². The molecule has 0 saturated carbocycles. The highest BCUT2D eigenvalue weighted by atomic mass is 16.5. The predicted molar refractivity (Wildman–Crippen MR) is 71.1 cm³/mol. The van der Waals surface area contributed by atoms with Gasteiger partial charge in [0.05, 0.1) is 6.33 Å². The van der Waals surface area contributed by atoms with E-state index in [-0.39, 0.29) is 18.0 Å². The molecule has 1 amide bonds. The van der Waals surface area contributed by atoms with E-state index in [1.165, 1.54) is 0 Å². The van der Waals surface area contributed by atoms with E-state index < -0.39 is 11.9 Å². The molecule has 0 fully saturated rings. The number of aromatic carboxylic acids is 1. The number of carbonyl (C=O) groups is 2. The minimum atomic E-state index is -1.27. The van der Waals surface area contributed by atoms with E-state index in [4.69, 9.17) is 15.1 Å². The third-order valence-corrected chi connectivity index (χ3v) is 2.48. The van der Waals surface area contributed by atoms with Gasteiger partial charge in [-0.3, -0.25) is 4.79 Å². The number of benzene rings is 1. The zero-order chi connectivity index (χ0) is 15.2. The molecule has 8 nitrogen and oxygen atoms in total. The summed E-state index contributed by atoms with van der Waals surface area (Å²) in [5, 5.41) is 19.8. The van der Waals surface area contributed by atoms with Crippen molar-refractivity contribution >= 4 is 17.6 Å². The van der Waals surface area contributed by atoms with E-state index in [1.807, 2.05) is 6.07 Å². The van der Waals surface area contributed by atoms with E-state index in [0.29, 0.717) is 11.4 Å². The third kappa shape index (κ3) is 3.36. The number of anilines is 1. The number of nitrogens with zero attached hydrogens (tertiary/aromatic N) is 2. The second-order valence-electron chi connectivity index (χ2n) is 3.86. The highest BCUT2D eigenvalue weighted by Gasteiger charge is 2.19. The van der Waals surface area contributed by atoms with Crippen LogP contribution < -0.4 is 10.1 Å². The number of H-pyrrole nitrogens is 1. The van der Waals surface area contributed by atoms with Crippen molar-refractivity contribution in [3.63, 3.8) is 0 Å². The molecule has 1 heterocycles. The normalized spacial score (nSPS) is 9.67. The summed E-state index contributed by atoms with van der Waals surface area (Å²) in [5.74, 6) is -1.42. The number of hydrogen-bond donors (Lipinski definition) is 3. The minimum absolute atomic E-state index is 0.0685. The number of imidazole rings is 1. The predicted octanol–water partition coefficient (Wildman–Crippen LogP) is 1.26. The highest BCUT2D eigenvalue weighted by molar-refractivity contribution is 6.08. The fourth-order valence-corrected chi connectivity index (χ4v) is 1.57.